The summed E-state index contributed by atoms with van der Waals surface area (Å²) >= 11 is 1.34. The van der Waals surface area contributed by atoms with Gasteiger partial charge >= 0.3 is 11.9 Å². The van der Waals surface area contributed by atoms with Gasteiger partial charge < -0.3 is 15.2 Å². The molecule has 6 nitrogen and oxygen atoms in total. The molecule has 1 aromatic heterocycles. The number of thiophene rings is 1. The quantitative estimate of drug-likeness (QED) is 0.650. The van der Waals surface area contributed by atoms with Crippen LogP contribution in [0.5, 0.6) is 0 Å². The molecule has 7 heteroatoms. The zero-order valence-corrected chi connectivity index (χ0v) is 11.6. The number of aryl methyl sites for hydroxylation is 1. The number of rotatable bonds is 4. The number of ether oxygens (including phenoxy) is 1. The lowest BCUT2D eigenvalue weighted by atomic mass is 10.1. The number of esters is 1. The maximum absolute atomic E-state index is 11.8. The second kappa shape index (κ2) is 5.87. The molecule has 0 spiro atoms. The standard InChI is InChI=1S/C13H13NO5S/c1-19-13(18)11-7-3-2-4-8(7)20-12(11)14-9(15)5-6-10(16)17/h5-6H,2-4H2,1H3,(H,14,15)(H,16,17)/b6-5+. The number of carboxylic acid groups (broad SMARTS) is 1. The summed E-state index contributed by atoms with van der Waals surface area (Å²) in [5.74, 6) is -2.28. The molecule has 1 heterocycles. The first-order valence-electron chi connectivity index (χ1n) is 5.97. The minimum Gasteiger partial charge on any atom is -0.478 e. The monoisotopic (exact) mass is 295 g/mol. The molecule has 0 fully saturated rings. The first kappa shape index (κ1) is 14.3. The van der Waals surface area contributed by atoms with Crippen LogP contribution in [0.4, 0.5) is 5.00 Å². The van der Waals surface area contributed by atoms with E-state index in [4.69, 9.17) is 9.84 Å². The molecule has 106 valence electrons. The minimum absolute atomic E-state index is 0.391. The summed E-state index contributed by atoms with van der Waals surface area (Å²) in [6.45, 7) is 0. The molecule has 0 unspecified atom stereocenters. The van der Waals surface area contributed by atoms with Crippen LogP contribution in [0.1, 0.15) is 27.2 Å². The number of hydrogen-bond acceptors (Lipinski definition) is 5. The number of carbonyl (C=O) groups is 3. The van der Waals surface area contributed by atoms with Gasteiger partial charge in [0.1, 0.15) is 5.00 Å². The number of amides is 1. The number of hydrogen-bond donors (Lipinski definition) is 2. The van der Waals surface area contributed by atoms with Crippen LogP contribution in [0.2, 0.25) is 0 Å². The highest BCUT2D eigenvalue weighted by molar-refractivity contribution is 7.17. The average molecular weight is 295 g/mol. The summed E-state index contributed by atoms with van der Waals surface area (Å²) in [5, 5.41) is 11.4. The predicted molar refractivity (Wildman–Crippen MR) is 73.1 cm³/mol. The minimum atomic E-state index is -1.21. The molecular formula is C13H13NO5S. The van der Waals surface area contributed by atoms with Crippen molar-refractivity contribution in [1.82, 2.24) is 0 Å². The van der Waals surface area contributed by atoms with E-state index < -0.39 is 17.8 Å². The highest BCUT2D eigenvalue weighted by Gasteiger charge is 2.27. The Balaban J connectivity index is 2.26. The summed E-state index contributed by atoms with van der Waals surface area (Å²) in [7, 11) is 1.29. The topological polar surface area (TPSA) is 92.7 Å². The fraction of sp³-hybridized carbons (Fsp3) is 0.308. The van der Waals surface area contributed by atoms with Crippen LogP contribution in [-0.4, -0.2) is 30.1 Å². The second-order valence-corrected chi connectivity index (χ2v) is 5.32. The number of nitrogens with one attached hydrogen (secondary N) is 1. The zero-order chi connectivity index (χ0) is 14.7. The molecule has 1 amide bonds. The summed E-state index contributed by atoms with van der Waals surface area (Å²) < 4.78 is 4.74. The van der Waals surface area contributed by atoms with Crippen molar-refractivity contribution in [2.45, 2.75) is 19.3 Å². The van der Waals surface area contributed by atoms with Crippen LogP contribution in [0.25, 0.3) is 0 Å². The molecule has 0 aromatic carbocycles. The van der Waals surface area contributed by atoms with E-state index in [0.29, 0.717) is 10.6 Å². The second-order valence-electron chi connectivity index (χ2n) is 4.21. The SMILES string of the molecule is COC(=O)c1c(NC(=O)/C=C/C(=O)O)sc2c1CCC2. The lowest BCUT2D eigenvalue weighted by molar-refractivity contribution is -0.131. The fourth-order valence-corrected chi connectivity index (χ4v) is 3.39. The molecule has 0 aliphatic heterocycles. The molecule has 1 aromatic rings. The van der Waals surface area contributed by atoms with E-state index in [1.807, 2.05) is 0 Å². The lowest BCUT2D eigenvalue weighted by Gasteiger charge is -2.04. The molecule has 1 aliphatic rings. The molecule has 0 bridgehead atoms. The van der Waals surface area contributed by atoms with Gasteiger partial charge in [-0.3, -0.25) is 4.79 Å². The van der Waals surface area contributed by atoms with Gasteiger partial charge in [0.2, 0.25) is 5.91 Å². The Labute approximate surface area is 119 Å². The van der Waals surface area contributed by atoms with E-state index in [1.165, 1.54) is 18.4 Å². The number of anilines is 1. The Bertz CT molecular complexity index is 602. The highest BCUT2D eigenvalue weighted by Crippen LogP contribution is 2.39. The van der Waals surface area contributed by atoms with Crippen molar-refractivity contribution < 1.29 is 24.2 Å². The summed E-state index contributed by atoms with van der Waals surface area (Å²) in [4.78, 5) is 34.8. The van der Waals surface area contributed by atoms with E-state index >= 15 is 0 Å². The van der Waals surface area contributed by atoms with Crippen molar-refractivity contribution in [1.29, 1.82) is 0 Å². The van der Waals surface area contributed by atoms with E-state index in [2.05, 4.69) is 5.32 Å². The molecule has 2 rings (SSSR count). The van der Waals surface area contributed by atoms with Crippen molar-refractivity contribution >= 4 is 34.2 Å². The van der Waals surface area contributed by atoms with Gasteiger partial charge in [0.15, 0.2) is 0 Å². The molecule has 0 atom stereocenters. The number of carboxylic acids is 1. The number of aliphatic carboxylic acids is 1. The van der Waals surface area contributed by atoms with Crippen molar-refractivity contribution in [3.05, 3.63) is 28.2 Å². The molecule has 0 saturated heterocycles. The van der Waals surface area contributed by atoms with E-state index in [-0.39, 0.29) is 0 Å². The van der Waals surface area contributed by atoms with E-state index in [1.54, 1.807) is 0 Å². The van der Waals surface area contributed by atoms with Crippen LogP contribution in [-0.2, 0) is 27.2 Å². The Hall–Kier alpha value is -2.15. The van der Waals surface area contributed by atoms with Crippen LogP contribution in [0.15, 0.2) is 12.2 Å². The van der Waals surface area contributed by atoms with Crippen molar-refractivity contribution in [2.75, 3.05) is 12.4 Å². The summed E-state index contributed by atoms with van der Waals surface area (Å²) in [5.41, 5.74) is 1.32. The molecule has 0 saturated carbocycles. The normalized spacial score (nSPS) is 13.2. The highest BCUT2D eigenvalue weighted by atomic mass is 32.1. The van der Waals surface area contributed by atoms with Gasteiger partial charge in [0.25, 0.3) is 0 Å². The van der Waals surface area contributed by atoms with Crippen molar-refractivity contribution in [2.24, 2.45) is 0 Å². The zero-order valence-electron chi connectivity index (χ0n) is 10.8. The van der Waals surface area contributed by atoms with Gasteiger partial charge in [0, 0.05) is 17.0 Å². The summed E-state index contributed by atoms with van der Waals surface area (Å²) in [6.07, 6.45) is 4.31. The van der Waals surface area contributed by atoms with E-state index in [9.17, 15) is 14.4 Å². The van der Waals surface area contributed by atoms with Gasteiger partial charge in [0.05, 0.1) is 12.7 Å². The Morgan fingerprint density at radius 1 is 1.30 bits per heavy atom. The Morgan fingerprint density at radius 3 is 2.70 bits per heavy atom. The largest absolute Gasteiger partial charge is 0.478 e. The van der Waals surface area contributed by atoms with Crippen molar-refractivity contribution in [3.8, 4) is 0 Å². The van der Waals surface area contributed by atoms with Crippen LogP contribution in [0, 0.1) is 0 Å². The lowest BCUT2D eigenvalue weighted by Crippen LogP contribution is -2.12. The smallest absolute Gasteiger partial charge is 0.341 e. The average Bonchev–Trinajstić information content (AvgIpc) is 2.95. The van der Waals surface area contributed by atoms with Gasteiger partial charge in [-0.05, 0) is 24.8 Å². The molecular weight excluding hydrogens is 282 g/mol. The van der Waals surface area contributed by atoms with Gasteiger partial charge in [-0.1, -0.05) is 0 Å². The Morgan fingerprint density at radius 2 is 2.05 bits per heavy atom. The van der Waals surface area contributed by atoms with Crippen LogP contribution in [0.3, 0.4) is 0 Å². The first-order valence-corrected chi connectivity index (χ1v) is 6.79. The van der Waals surface area contributed by atoms with Gasteiger partial charge in [-0.15, -0.1) is 11.3 Å². The van der Waals surface area contributed by atoms with Crippen LogP contribution >= 0.6 is 11.3 Å². The molecule has 2 N–H and O–H groups in total. The molecule has 1 aliphatic carbocycles. The first-order chi connectivity index (χ1) is 9.52. The number of carbonyl (C=O) groups excluding carboxylic acids is 2. The maximum Gasteiger partial charge on any atom is 0.341 e. The predicted octanol–water partition coefficient (Wildman–Crippen LogP) is 1.60. The van der Waals surface area contributed by atoms with Crippen molar-refractivity contribution in [3.63, 3.8) is 0 Å². The number of methoxy groups -OCH3 is 1. The third-order valence-electron chi connectivity index (χ3n) is 2.92. The third-order valence-corrected chi connectivity index (χ3v) is 4.13. The third kappa shape index (κ3) is 2.88. The summed E-state index contributed by atoms with van der Waals surface area (Å²) in [6, 6.07) is 0. The van der Waals surface area contributed by atoms with Crippen LogP contribution < -0.4 is 5.32 Å². The fourth-order valence-electron chi connectivity index (χ4n) is 2.11. The Kier molecular flexibility index (Phi) is 4.19. The molecule has 0 radical (unpaired) electrons. The van der Waals surface area contributed by atoms with Gasteiger partial charge in [-0.2, -0.15) is 0 Å². The number of fused-ring (bicyclic) bond motifs is 1. The van der Waals surface area contributed by atoms with Gasteiger partial charge in [-0.25, -0.2) is 9.59 Å². The molecule has 20 heavy (non-hydrogen) atoms. The van der Waals surface area contributed by atoms with E-state index in [0.717, 1.165) is 41.9 Å². The maximum atomic E-state index is 11.8.